The topological polar surface area (TPSA) is 32.8 Å². The van der Waals surface area contributed by atoms with Crippen molar-refractivity contribution in [3.05, 3.63) is 64.7 Å². The van der Waals surface area contributed by atoms with E-state index in [0.29, 0.717) is 6.61 Å². The van der Waals surface area contributed by atoms with Crippen LogP contribution in [0.5, 0.6) is 5.75 Å². The maximum absolute atomic E-state index is 12.8. The molecule has 1 aliphatic heterocycles. The third kappa shape index (κ3) is 4.25. The molecule has 0 N–H and O–H groups in total. The molecule has 0 aliphatic carbocycles. The fourth-order valence-electron chi connectivity index (χ4n) is 3.38. The minimum absolute atomic E-state index is 0.159. The molecule has 0 bridgehead atoms. The summed E-state index contributed by atoms with van der Waals surface area (Å²) in [5.41, 5.74) is 4.38. The number of hydrogen-bond donors (Lipinski definition) is 0. The molecule has 138 valence electrons. The summed E-state index contributed by atoms with van der Waals surface area (Å²) in [5, 5.41) is 0. The number of piperazine rings is 1. The number of ether oxygens (including phenoxy) is 1. The Hall–Kier alpha value is -2.33. The van der Waals surface area contributed by atoms with E-state index in [-0.39, 0.29) is 5.91 Å². The van der Waals surface area contributed by atoms with E-state index in [1.54, 1.807) is 0 Å². The van der Waals surface area contributed by atoms with Crippen LogP contribution in [0, 0.1) is 13.8 Å². The van der Waals surface area contributed by atoms with Crippen LogP contribution in [0.3, 0.4) is 0 Å². The van der Waals surface area contributed by atoms with Crippen molar-refractivity contribution >= 4 is 5.91 Å². The minimum Gasteiger partial charge on any atom is -0.494 e. The Morgan fingerprint density at radius 2 is 1.69 bits per heavy atom. The van der Waals surface area contributed by atoms with Crippen molar-refractivity contribution in [1.82, 2.24) is 9.80 Å². The van der Waals surface area contributed by atoms with E-state index in [1.165, 1.54) is 11.1 Å². The third-order valence-corrected chi connectivity index (χ3v) is 5.14. The van der Waals surface area contributed by atoms with E-state index < -0.39 is 0 Å². The average molecular weight is 352 g/mol. The molecule has 1 fully saturated rings. The van der Waals surface area contributed by atoms with E-state index >= 15 is 0 Å². The smallest absolute Gasteiger partial charge is 0.254 e. The van der Waals surface area contributed by atoms with E-state index in [9.17, 15) is 4.79 Å². The first-order chi connectivity index (χ1) is 12.6. The highest BCUT2D eigenvalue weighted by atomic mass is 16.5. The Morgan fingerprint density at radius 3 is 2.35 bits per heavy atom. The Morgan fingerprint density at radius 1 is 1.00 bits per heavy atom. The van der Waals surface area contributed by atoms with Crippen LogP contribution in [0.4, 0.5) is 0 Å². The van der Waals surface area contributed by atoms with Gasteiger partial charge in [-0.1, -0.05) is 24.3 Å². The van der Waals surface area contributed by atoms with Gasteiger partial charge >= 0.3 is 0 Å². The predicted molar refractivity (Wildman–Crippen MR) is 105 cm³/mol. The van der Waals surface area contributed by atoms with Crippen LogP contribution in [-0.2, 0) is 6.54 Å². The van der Waals surface area contributed by atoms with Gasteiger partial charge in [-0.05, 0) is 55.7 Å². The van der Waals surface area contributed by atoms with Gasteiger partial charge in [0.05, 0.1) is 6.61 Å². The second-order valence-corrected chi connectivity index (χ2v) is 6.89. The predicted octanol–water partition coefficient (Wildman–Crippen LogP) is 3.66. The summed E-state index contributed by atoms with van der Waals surface area (Å²) in [6.45, 7) is 11.1. The molecular weight excluding hydrogens is 324 g/mol. The van der Waals surface area contributed by atoms with Crippen LogP contribution >= 0.6 is 0 Å². The molecule has 0 saturated carbocycles. The van der Waals surface area contributed by atoms with Crippen molar-refractivity contribution in [3.63, 3.8) is 0 Å². The lowest BCUT2D eigenvalue weighted by Crippen LogP contribution is -2.48. The van der Waals surface area contributed by atoms with Crippen molar-refractivity contribution in [1.29, 1.82) is 0 Å². The molecule has 3 rings (SSSR count). The Kier molecular flexibility index (Phi) is 5.94. The molecule has 2 aromatic carbocycles. The summed E-state index contributed by atoms with van der Waals surface area (Å²) in [6, 6.07) is 14.3. The van der Waals surface area contributed by atoms with Crippen molar-refractivity contribution in [2.45, 2.75) is 27.3 Å². The summed E-state index contributed by atoms with van der Waals surface area (Å²) < 4.78 is 5.49. The number of benzene rings is 2. The lowest BCUT2D eigenvalue weighted by atomic mass is 10.0. The van der Waals surface area contributed by atoms with E-state index in [2.05, 4.69) is 30.0 Å². The maximum Gasteiger partial charge on any atom is 0.254 e. The van der Waals surface area contributed by atoms with Crippen molar-refractivity contribution in [2.24, 2.45) is 0 Å². The van der Waals surface area contributed by atoms with Gasteiger partial charge in [-0.2, -0.15) is 0 Å². The maximum atomic E-state index is 12.8. The zero-order chi connectivity index (χ0) is 18.5. The van der Waals surface area contributed by atoms with Crippen LogP contribution in [-0.4, -0.2) is 48.5 Å². The first kappa shape index (κ1) is 18.5. The van der Waals surface area contributed by atoms with Gasteiger partial charge < -0.3 is 9.64 Å². The molecule has 0 radical (unpaired) electrons. The van der Waals surface area contributed by atoms with E-state index in [0.717, 1.165) is 49.6 Å². The number of carbonyl (C=O) groups excluding carboxylic acids is 1. The van der Waals surface area contributed by atoms with Crippen LogP contribution in [0.1, 0.15) is 34.0 Å². The van der Waals surface area contributed by atoms with Crippen molar-refractivity contribution in [3.8, 4) is 5.75 Å². The van der Waals surface area contributed by atoms with E-state index in [1.807, 2.05) is 43.0 Å². The number of carbonyl (C=O) groups is 1. The molecule has 1 amide bonds. The van der Waals surface area contributed by atoms with Gasteiger partial charge in [0.2, 0.25) is 0 Å². The van der Waals surface area contributed by atoms with Gasteiger partial charge in [0.15, 0.2) is 0 Å². The van der Waals surface area contributed by atoms with Crippen LogP contribution in [0.2, 0.25) is 0 Å². The molecule has 1 heterocycles. The number of hydrogen-bond acceptors (Lipinski definition) is 3. The van der Waals surface area contributed by atoms with Crippen molar-refractivity contribution in [2.75, 3.05) is 32.8 Å². The van der Waals surface area contributed by atoms with Gasteiger partial charge in [-0.3, -0.25) is 9.69 Å². The highest BCUT2D eigenvalue weighted by molar-refractivity contribution is 5.96. The third-order valence-electron chi connectivity index (χ3n) is 5.14. The lowest BCUT2D eigenvalue weighted by Gasteiger charge is -2.35. The second kappa shape index (κ2) is 8.37. The molecule has 0 atom stereocenters. The van der Waals surface area contributed by atoms with Gasteiger partial charge in [-0.15, -0.1) is 0 Å². The quantitative estimate of drug-likeness (QED) is 0.823. The molecule has 0 aromatic heterocycles. The fourth-order valence-corrected chi connectivity index (χ4v) is 3.38. The summed E-state index contributed by atoms with van der Waals surface area (Å²) in [7, 11) is 0. The summed E-state index contributed by atoms with van der Waals surface area (Å²) >= 11 is 0. The molecule has 4 heteroatoms. The Labute approximate surface area is 156 Å². The molecule has 0 spiro atoms. The summed E-state index contributed by atoms with van der Waals surface area (Å²) in [4.78, 5) is 17.2. The molecule has 0 unspecified atom stereocenters. The first-order valence-corrected chi connectivity index (χ1v) is 9.38. The SMILES string of the molecule is CCOc1ccc(CN2CCN(C(=O)c3cccc(C)c3C)CC2)cc1. The Balaban J connectivity index is 1.55. The van der Waals surface area contributed by atoms with Gasteiger partial charge in [0, 0.05) is 38.3 Å². The highest BCUT2D eigenvalue weighted by Gasteiger charge is 2.23. The zero-order valence-corrected chi connectivity index (χ0v) is 16.0. The zero-order valence-electron chi connectivity index (χ0n) is 16.0. The summed E-state index contributed by atoms with van der Waals surface area (Å²) in [5.74, 6) is 1.08. The van der Waals surface area contributed by atoms with Crippen LogP contribution in [0.15, 0.2) is 42.5 Å². The number of nitrogens with zero attached hydrogens (tertiary/aromatic N) is 2. The molecule has 26 heavy (non-hydrogen) atoms. The standard InChI is InChI=1S/C22H28N2O2/c1-4-26-20-10-8-19(9-11-20)16-23-12-14-24(15-13-23)22(25)21-7-5-6-17(2)18(21)3/h5-11H,4,12-16H2,1-3H3. The second-order valence-electron chi connectivity index (χ2n) is 6.89. The first-order valence-electron chi connectivity index (χ1n) is 9.38. The monoisotopic (exact) mass is 352 g/mol. The molecule has 2 aromatic rings. The van der Waals surface area contributed by atoms with Crippen molar-refractivity contribution < 1.29 is 9.53 Å². The number of rotatable bonds is 5. The van der Waals surface area contributed by atoms with Gasteiger partial charge in [0.25, 0.3) is 5.91 Å². The minimum atomic E-state index is 0.159. The van der Waals surface area contributed by atoms with E-state index in [4.69, 9.17) is 4.74 Å². The molecule has 1 aliphatic rings. The normalized spacial score (nSPS) is 15.1. The molecule has 4 nitrogen and oxygen atoms in total. The summed E-state index contributed by atoms with van der Waals surface area (Å²) in [6.07, 6.45) is 0. The van der Waals surface area contributed by atoms with Crippen LogP contribution in [0.25, 0.3) is 0 Å². The molecule has 1 saturated heterocycles. The number of amides is 1. The van der Waals surface area contributed by atoms with Gasteiger partial charge in [-0.25, -0.2) is 0 Å². The van der Waals surface area contributed by atoms with Gasteiger partial charge in [0.1, 0.15) is 5.75 Å². The highest BCUT2D eigenvalue weighted by Crippen LogP contribution is 2.18. The number of aryl methyl sites for hydroxylation is 1. The lowest BCUT2D eigenvalue weighted by molar-refractivity contribution is 0.0627. The Bertz CT molecular complexity index is 747. The fraction of sp³-hybridized carbons (Fsp3) is 0.409. The largest absolute Gasteiger partial charge is 0.494 e. The average Bonchev–Trinajstić information content (AvgIpc) is 2.66. The van der Waals surface area contributed by atoms with Crippen LogP contribution < -0.4 is 4.74 Å². The molecular formula is C22H28N2O2.